The van der Waals surface area contributed by atoms with Crippen LogP contribution in [-0.2, 0) is 4.79 Å². The number of thioether (sulfide) groups is 1. The fourth-order valence-corrected chi connectivity index (χ4v) is 3.45. The first kappa shape index (κ1) is 19.4. The van der Waals surface area contributed by atoms with Crippen LogP contribution in [0.1, 0.15) is 15.9 Å². The minimum atomic E-state index is -1.24. The van der Waals surface area contributed by atoms with Crippen molar-refractivity contribution in [3.63, 3.8) is 0 Å². The fourth-order valence-electron chi connectivity index (χ4n) is 2.49. The van der Waals surface area contributed by atoms with Gasteiger partial charge in [0.15, 0.2) is 5.17 Å². The van der Waals surface area contributed by atoms with Gasteiger partial charge in [-0.3, -0.25) is 9.69 Å². The van der Waals surface area contributed by atoms with Crippen molar-refractivity contribution in [2.75, 3.05) is 6.54 Å². The second-order valence-corrected chi connectivity index (χ2v) is 6.85. The monoisotopic (exact) mass is 389 g/mol. The molecule has 28 heavy (non-hydrogen) atoms. The molecule has 140 valence electrons. The van der Waals surface area contributed by atoms with E-state index in [1.54, 1.807) is 24.3 Å². The molecule has 0 aromatic heterocycles. The molecule has 5 nitrogen and oxygen atoms in total. The van der Waals surface area contributed by atoms with E-state index in [-0.39, 0.29) is 11.5 Å². The molecule has 1 aliphatic rings. The Morgan fingerprint density at radius 3 is 2.50 bits per heavy atom. The van der Waals surface area contributed by atoms with E-state index in [1.165, 1.54) is 28.8 Å². The zero-order valence-corrected chi connectivity index (χ0v) is 15.8. The lowest BCUT2D eigenvalue weighted by Crippen LogP contribution is -2.29. The van der Waals surface area contributed by atoms with Gasteiger partial charge in [-0.05, 0) is 41.1 Å². The first-order valence-corrected chi connectivity index (χ1v) is 9.34. The number of carboxylic acids is 1. The van der Waals surface area contributed by atoms with Crippen LogP contribution in [0.4, 0.5) is 5.69 Å². The van der Waals surface area contributed by atoms with Gasteiger partial charge in [-0.2, -0.15) is 0 Å². The molecule has 1 heterocycles. The third kappa shape index (κ3) is 4.66. The SMILES string of the molecule is C=CCN1C(=O)C(=CC=Cc2ccccc2)SC1=Nc1ccc(C(=O)[O-])cc1. The van der Waals surface area contributed by atoms with E-state index in [9.17, 15) is 14.7 Å². The van der Waals surface area contributed by atoms with Crippen molar-refractivity contribution in [2.45, 2.75) is 0 Å². The number of hydrogen-bond acceptors (Lipinski definition) is 5. The largest absolute Gasteiger partial charge is 0.545 e. The molecule has 0 N–H and O–H groups in total. The molecule has 3 rings (SSSR count). The van der Waals surface area contributed by atoms with Crippen LogP contribution in [0.5, 0.6) is 0 Å². The normalized spacial score (nSPS) is 17.0. The number of carbonyl (C=O) groups excluding carboxylic acids is 2. The highest BCUT2D eigenvalue weighted by atomic mass is 32.2. The van der Waals surface area contributed by atoms with E-state index in [2.05, 4.69) is 11.6 Å². The minimum absolute atomic E-state index is 0.0775. The zero-order chi connectivity index (χ0) is 19.9. The van der Waals surface area contributed by atoms with Gasteiger partial charge >= 0.3 is 0 Å². The molecule has 1 aliphatic heterocycles. The summed E-state index contributed by atoms with van der Waals surface area (Å²) in [4.78, 5) is 30.1. The first-order valence-electron chi connectivity index (χ1n) is 8.52. The molecule has 0 saturated carbocycles. The Morgan fingerprint density at radius 1 is 1.14 bits per heavy atom. The fraction of sp³-hybridized carbons (Fsp3) is 0.0455. The minimum Gasteiger partial charge on any atom is -0.545 e. The Balaban J connectivity index is 1.83. The van der Waals surface area contributed by atoms with Gasteiger partial charge in [0, 0.05) is 6.54 Å². The van der Waals surface area contributed by atoms with Crippen molar-refractivity contribution >= 4 is 40.6 Å². The van der Waals surface area contributed by atoms with Crippen LogP contribution in [0, 0.1) is 0 Å². The average molecular weight is 389 g/mol. The number of rotatable bonds is 6. The van der Waals surface area contributed by atoms with Crippen molar-refractivity contribution in [3.05, 3.63) is 95.4 Å². The summed E-state index contributed by atoms with van der Waals surface area (Å²) in [7, 11) is 0. The van der Waals surface area contributed by atoms with Gasteiger partial charge < -0.3 is 9.90 Å². The standard InChI is InChI=1S/C22H18N2O3S/c1-2-15-24-20(25)19(10-6-9-16-7-4-3-5-8-16)28-22(24)23-18-13-11-17(12-14-18)21(26)27/h2-14H,1,15H2,(H,26,27)/p-1. The number of nitrogens with zero attached hydrogens (tertiary/aromatic N) is 2. The predicted molar refractivity (Wildman–Crippen MR) is 111 cm³/mol. The number of carboxylic acid groups (broad SMARTS) is 1. The summed E-state index contributed by atoms with van der Waals surface area (Å²) >= 11 is 1.27. The maximum Gasteiger partial charge on any atom is 0.267 e. The molecule has 1 amide bonds. The maximum absolute atomic E-state index is 12.7. The van der Waals surface area contributed by atoms with Crippen LogP contribution in [0.2, 0.25) is 0 Å². The number of carbonyl (C=O) groups is 2. The number of aliphatic imine (C=N–C) groups is 1. The molecule has 1 fully saturated rings. The van der Waals surface area contributed by atoms with E-state index in [0.29, 0.717) is 22.3 Å². The molecular weight excluding hydrogens is 372 g/mol. The van der Waals surface area contributed by atoms with Gasteiger partial charge in [-0.1, -0.05) is 60.7 Å². The highest BCUT2D eigenvalue weighted by Crippen LogP contribution is 2.32. The Labute approximate surface area is 167 Å². The van der Waals surface area contributed by atoms with Crippen molar-refractivity contribution in [1.82, 2.24) is 4.90 Å². The van der Waals surface area contributed by atoms with Crippen LogP contribution in [0.15, 0.2) is 89.3 Å². The topological polar surface area (TPSA) is 72.8 Å². The summed E-state index contributed by atoms with van der Waals surface area (Å²) in [6.45, 7) is 4.03. The van der Waals surface area contributed by atoms with Crippen LogP contribution in [-0.4, -0.2) is 28.5 Å². The highest BCUT2D eigenvalue weighted by Gasteiger charge is 2.32. The summed E-state index contributed by atoms with van der Waals surface area (Å²) < 4.78 is 0. The smallest absolute Gasteiger partial charge is 0.267 e. The average Bonchev–Trinajstić information content (AvgIpc) is 2.98. The number of aromatic carboxylic acids is 1. The lowest BCUT2D eigenvalue weighted by molar-refractivity contribution is -0.255. The van der Waals surface area contributed by atoms with Crippen molar-refractivity contribution in [3.8, 4) is 0 Å². The summed E-state index contributed by atoms with van der Waals surface area (Å²) in [5, 5.41) is 11.4. The van der Waals surface area contributed by atoms with Crippen LogP contribution >= 0.6 is 11.8 Å². The van der Waals surface area contributed by atoms with Crippen LogP contribution < -0.4 is 5.11 Å². The molecular formula is C22H17N2O3S-. The van der Waals surface area contributed by atoms with E-state index < -0.39 is 5.97 Å². The quantitative estimate of drug-likeness (QED) is 0.561. The summed E-state index contributed by atoms with van der Waals surface area (Å²) in [6.07, 6.45) is 7.15. The molecule has 0 bridgehead atoms. The summed E-state index contributed by atoms with van der Waals surface area (Å²) in [5.41, 5.74) is 1.67. The first-order chi connectivity index (χ1) is 13.6. The van der Waals surface area contributed by atoms with E-state index in [0.717, 1.165) is 5.56 Å². The van der Waals surface area contributed by atoms with Crippen molar-refractivity contribution in [1.29, 1.82) is 0 Å². The van der Waals surface area contributed by atoms with Crippen molar-refractivity contribution in [2.24, 2.45) is 4.99 Å². The Morgan fingerprint density at radius 2 is 1.86 bits per heavy atom. The summed E-state index contributed by atoms with van der Waals surface area (Å²) in [5.74, 6) is -1.39. The Kier molecular flexibility index (Phi) is 6.24. The van der Waals surface area contributed by atoms with Gasteiger partial charge in [0.25, 0.3) is 5.91 Å². The van der Waals surface area contributed by atoms with Crippen LogP contribution in [0.3, 0.4) is 0 Å². The van der Waals surface area contributed by atoms with Gasteiger partial charge in [-0.25, -0.2) is 4.99 Å². The molecule has 0 radical (unpaired) electrons. The lowest BCUT2D eigenvalue weighted by Gasteiger charge is -2.12. The second kappa shape index (κ2) is 9.01. The third-order valence-corrected chi connectivity index (χ3v) is 4.89. The number of amidine groups is 1. The van der Waals surface area contributed by atoms with Gasteiger partial charge in [-0.15, -0.1) is 6.58 Å². The predicted octanol–water partition coefficient (Wildman–Crippen LogP) is 3.40. The molecule has 0 unspecified atom stereocenters. The lowest BCUT2D eigenvalue weighted by atomic mass is 10.2. The van der Waals surface area contributed by atoms with Gasteiger partial charge in [0.05, 0.1) is 16.6 Å². The highest BCUT2D eigenvalue weighted by molar-refractivity contribution is 8.18. The molecule has 1 saturated heterocycles. The van der Waals surface area contributed by atoms with E-state index in [1.807, 2.05) is 42.5 Å². The van der Waals surface area contributed by atoms with E-state index in [4.69, 9.17) is 0 Å². The molecule has 2 aromatic carbocycles. The molecule has 6 heteroatoms. The number of hydrogen-bond donors (Lipinski definition) is 0. The Hall–Kier alpha value is -3.38. The van der Waals surface area contributed by atoms with Crippen LogP contribution in [0.25, 0.3) is 6.08 Å². The molecule has 0 aliphatic carbocycles. The Bertz CT molecular complexity index is 977. The third-order valence-electron chi connectivity index (χ3n) is 3.86. The van der Waals surface area contributed by atoms with Gasteiger partial charge in [0.1, 0.15) is 0 Å². The van der Waals surface area contributed by atoms with E-state index >= 15 is 0 Å². The molecule has 0 atom stereocenters. The molecule has 0 spiro atoms. The maximum atomic E-state index is 12.7. The zero-order valence-electron chi connectivity index (χ0n) is 14.9. The second-order valence-electron chi connectivity index (χ2n) is 5.84. The number of allylic oxidation sites excluding steroid dienone is 2. The number of amides is 1. The number of benzene rings is 2. The van der Waals surface area contributed by atoms with Crippen molar-refractivity contribution < 1.29 is 14.7 Å². The van der Waals surface area contributed by atoms with Gasteiger partial charge in [0.2, 0.25) is 0 Å². The summed E-state index contributed by atoms with van der Waals surface area (Å²) in [6, 6.07) is 15.8. The molecule has 2 aromatic rings.